The monoisotopic (exact) mass is 320 g/mol. The predicted molar refractivity (Wildman–Crippen MR) is 96.6 cm³/mol. The van der Waals surface area contributed by atoms with E-state index in [1.807, 2.05) is 18.2 Å². The highest BCUT2D eigenvalue weighted by Crippen LogP contribution is 2.30. The third kappa shape index (κ3) is 2.78. The Morgan fingerprint density at radius 2 is 1.22 bits per heavy atom. The number of nitrogens with one attached hydrogen (secondary N) is 2. The molecular weight excluding hydrogens is 304 g/mol. The number of allylic oxidation sites excluding steroid dienone is 2. The second kappa shape index (κ2) is 5.98. The highest BCUT2D eigenvalue weighted by Gasteiger charge is 2.29. The Hall–Kier alpha value is -2.45. The molecular formula is C20H17ClN2. The molecule has 23 heavy (non-hydrogen) atoms. The number of rotatable bonds is 2. The van der Waals surface area contributed by atoms with E-state index in [2.05, 4.69) is 71.3 Å². The third-order valence-electron chi connectivity index (χ3n) is 4.19. The minimum atomic E-state index is 0.148. The molecule has 0 fully saturated rings. The molecule has 0 saturated heterocycles. The predicted octanol–water partition coefficient (Wildman–Crippen LogP) is 4.13. The molecule has 0 amide bonds. The Morgan fingerprint density at radius 1 is 0.696 bits per heavy atom. The van der Waals surface area contributed by atoms with E-state index in [-0.39, 0.29) is 12.1 Å². The lowest BCUT2D eigenvalue weighted by Crippen LogP contribution is -2.50. The molecule has 2 aliphatic rings. The minimum Gasteiger partial charge on any atom is -0.374 e. The highest BCUT2D eigenvalue weighted by molar-refractivity contribution is 6.31. The first-order valence-electron chi connectivity index (χ1n) is 7.75. The maximum atomic E-state index is 6.17. The van der Waals surface area contributed by atoms with Gasteiger partial charge in [-0.25, -0.2) is 0 Å². The first-order chi connectivity index (χ1) is 11.3. The van der Waals surface area contributed by atoms with Gasteiger partial charge in [-0.05, 0) is 23.3 Å². The van der Waals surface area contributed by atoms with E-state index in [0.29, 0.717) is 0 Å². The van der Waals surface area contributed by atoms with Crippen LogP contribution in [0.4, 0.5) is 0 Å². The van der Waals surface area contributed by atoms with E-state index in [1.165, 1.54) is 5.56 Å². The van der Waals surface area contributed by atoms with Gasteiger partial charge in [0.25, 0.3) is 0 Å². The van der Waals surface area contributed by atoms with Crippen LogP contribution in [0.25, 0.3) is 11.4 Å². The fourth-order valence-corrected chi connectivity index (χ4v) is 3.27. The van der Waals surface area contributed by atoms with Crippen LogP contribution in [0, 0.1) is 0 Å². The zero-order valence-corrected chi connectivity index (χ0v) is 13.3. The molecule has 1 aliphatic heterocycles. The molecule has 1 aliphatic carbocycles. The topological polar surface area (TPSA) is 24.1 Å². The van der Waals surface area contributed by atoms with Gasteiger partial charge in [-0.3, -0.25) is 0 Å². The average molecular weight is 321 g/mol. The molecule has 2 atom stereocenters. The fourth-order valence-electron chi connectivity index (χ4n) is 3.06. The molecule has 2 aromatic rings. The number of hydrogen-bond donors (Lipinski definition) is 2. The Balaban J connectivity index is 1.83. The molecule has 2 aromatic carbocycles. The van der Waals surface area contributed by atoms with Crippen LogP contribution < -0.4 is 10.6 Å². The van der Waals surface area contributed by atoms with Crippen LogP contribution in [0.3, 0.4) is 0 Å². The number of benzene rings is 2. The summed E-state index contributed by atoms with van der Waals surface area (Å²) in [6.45, 7) is 0. The van der Waals surface area contributed by atoms with Crippen LogP contribution in [0.15, 0.2) is 83.9 Å². The molecule has 0 spiro atoms. The van der Waals surface area contributed by atoms with Crippen molar-refractivity contribution in [2.24, 2.45) is 0 Å². The average Bonchev–Trinajstić information content (AvgIpc) is 2.62. The summed E-state index contributed by atoms with van der Waals surface area (Å²) in [5.41, 5.74) is 4.56. The molecule has 2 N–H and O–H groups in total. The van der Waals surface area contributed by atoms with Crippen molar-refractivity contribution in [3.05, 3.63) is 95.1 Å². The highest BCUT2D eigenvalue weighted by atomic mass is 35.5. The van der Waals surface area contributed by atoms with Gasteiger partial charge in [-0.2, -0.15) is 0 Å². The van der Waals surface area contributed by atoms with E-state index in [0.717, 1.165) is 22.0 Å². The van der Waals surface area contributed by atoms with Gasteiger partial charge >= 0.3 is 0 Å². The summed E-state index contributed by atoms with van der Waals surface area (Å²) in [6.07, 6.45) is 6.13. The summed E-state index contributed by atoms with van der Waals surface area (Å²) in [7, 11) is 0. The van der Waals surface area contributed by atoms with Gasteiger partial charge in [0.2, 0.25) is 0 Å². The lowest BCUT2D eigenvalue weighted by molar-refractivity contribution is 0.554. The van der Waals surface area contributed by atoms with E-state index in [1.54, 1.807) is 0 Å². The van der Waals surface area contributed by atoms with Crippen LogP contribution in [0.2, 0.25) is 0 Å². The standard InChI is InChI=1S/C20H17ClN2/c21-16-11-12-17-18(13-16)23-20(15-9-5-2-6-10-15)19(22-17)14-7-3-1-4-8-14/h1-13,17-18,22-23H. The summed E-state index contributed by atoms with van der Waals surface area (Å²) in [6, 6.07) is 21.2. The van der Waals surface area contributed by atoms with Gasteiger partial charge in [0.1, 0.15) is 0 Å². The zero-order valence-electron chi connectivity index (χ0n) is 12.5. The normalized spacial score (nSPS) is 22.7. The molecule has 114 valence electrons. The largest absolute Gasteiger partial charge is 0.374 e. The van der Waals surface area contributed by atoms with E-state index in [4.69, 9.17) is 11.6 Å². The van der Waals surface area contributed by atoms with Crippen molar-refractivity contribution in [1.29, 1.82) is 0 Å². The van der Waals surface area contributed by atoms with Crippen molar-refractivity contribution in [3.8, 4) is 0 Å². The first kappa shape index (κ1) is 14.2. The van der Waals surface area contributed by atoms with Gasteiger partial charge < -0.3 is 10.6 Å². The number of halogens is 1. The van der Waals surface area contributed by atoms with Crippen molar-refractivity contribution >= 4 is 23.0 Å². The third-order valence-corrected chi connectivity index (χ3v) is 4.44. The van der Waals surface area contributed by atoms with E-state index in [9.17, 15) is 0 Å². The van der Waals surface area contributed by atoms with Crippen molar-refractivity contribution in [2.75, 3.05) is 0 Å². The molecule has 0 radical (unpaired) electrons. The van der Waals surface area contributed by atoms with Crippen LogP contribution in [-0.4, -0.2) is 12.1 Å². The minimum absolute atomic E-state index is 0.148. The molecule has 3 heteroatoms. The van der Waals surface area contributed by atoms with Gasteiger partial charge in [-0.15, -0.1) is 0 Å². The zero-order chi connectivity index (χ0) is 15.6. The van der Waals surface area contributed by atoms with E-state index < -0.39 is 0 Å². The Bertz CT molecular complexity index is 791. The van der Waals surface area contributed by atoms with Gasteiger partial charge in [0.15, 0.2) is 0 Å². The maximum absolute atomic E-state index is 6.17. The van der Waals surface area contributed by atoms with Gasteiger partial charge in [0.05, 0.1) is 23.5 Å². The lowest BCUT2D eigenvalue weighted by atomic mass is 9.94. The van der Waals surface area contributed by atoms with Crippen LogP contribution >= 0.6 is 11.6 Å². The van der Waals surface area contributed by atoms with Gasteiger partial charge in [-0.1, -0.05) is 78.3 Å². The molecule has 0 aromatic heterocycles. The van der Waals surface area contributed by atoms with Crippen molar-refractivity contribution < 1.29 is 0 Å². The Kier molecular flexibility index (Phi) is 3.68. The first-order valence-corrected chi connectivity index (χ1v) is 8.13. The summed E-state index contributed by atoms with van der Waals surface area (Å²) in [5, 5.41) is 8.10. The molecule has 2 unspecified atom stereocenters. The van der Waals surface area contributed by atoms with Crippen molar-refractivity contribution in [2.45, 2.75) is 12.1 Å². The van der Waals surface area contributed by atoms with Crippen LogP contribution in [0.1, 0.15) is 11.1 Å². The second-order valence-electron chi connectivity index (χ2n) is 5.73. The van der Waals surface area contributed by atoms with Crippen molar-refractivity contribution in [3.63, 3.8) is 0 Å². The van der Waals surface area contributed by atoms with E-state index >= 15 is 0 Å². The summed E-state index contributed by atoms with van der Waals surface area (Å²) >= 11 is 6.17. The van der Waals surface area contributed by atoms with Crippen LogP contribution in [-0.2, 0) is 0 Å². The summed E-state index contributed by atoms with van der Waals surface area (Å²) in [4.78, 5) is 0. The Labute approximate surface area is 141 Å². The number of fused-ring (bicyclic) bond motifs is 1. The Morgan fingerprint density at radius 3 is 1.78 bits per heavy atom. The van der Waals surface area contributed by atoms with Crippen LogP contribution in [0.5, 0.6) is 0 Å². The molecule has 1 heterocycles. The SMILES string of the molecule is ClC1=CC2NC(c3ccccc3)=C(c3ccccc3)NC2C=C1. The lowest BCUT2D eigenvalue weighted by Gasteiger charge is -2.37. The molecule has 4 rings (SSSR count). The summed E-state index contributed by atoms with van der Waals surface area (Å²) < 4.78 is 0. The smallest absolute Gasteiger partial charge is 0.0700 e. The molecule has 0 bridgehead atoms. The molecule has 2 nitrogen and oxygen atoms in total. The van der Waals surface area contributed by atoms with Gasteiger partial charge in [0, 0.05) is 5.03 Å². The number of hydrogen-bond acceptors (Lipinski definition) is 2. The summed E-state index contributed by atoms with van der Waals surface area (Å²) in [5.74, 6) is 0. The quantitative estimate of drug-likeness (QED) is 0.869. The van der Waals surface area contributed by atoms with Crippen molar-refractivity contribution in [1.82, 2.24) is 10.6 Å². The fraction of sp³-hybridized carbons (Fsp3) is 0.100. The molecule has 0 saturated carbocycles. The maximum Gasteiger partial charge on any atom is 0.0700 e. The second-order valence-corrected chi connectivity index (χ2v) is 6.17.